The lowest BCUT2D eigenvalue weighted by atomic mass is 10.1. The molecule has 0 spiro atoms. The Kier molecular flexibility index (Phi) is 7.47. The Balaban J connectivity index is 1.72. The molecule has 3 amide bonds. The highest BCUT2D eigenvalue weighted by atomic mass is 35.5. The molecule has 2 aromatic rings. The van der Waals surface area contributed by atoms with Gasteiger partial charge in [0, 0.05) is 37.8 Å². The fourth-order valence-electron chi connectivity index (χ4n) is 3.73. The third-order valence-electron chi connectivity index (χ3n) is 5.50. The van der Waals surface area contributed by atoms with Crippen molar-refractivity contribution >= 4 is 35.5 Å². The quantitative estimate of drug-likeness (QED) is 0.612. The first-order chi connectivity index (χ1) is 15.2. The summed E-state index contributed by atoms with van der Waals surface area (Å²) < 4.78 is 15.0. The number of aldehydes is 1. The maximum atomic E-state index is 13.3. The predicted molar refractivity (Wildman–Crippen MR) is 118 cm³/mol. The third kappa shape index (κ3) is 5.08. The molecule has 2 N–H and O–H groups in total. The van der Waals surface area contributed by atoms with Crippen molar-refractivity contribution in [3.05, 3.63) is 46.0 Å². The van der Waals surface area contributed by atoms with Crippen molar-refractivity contribution in [1.29, 1.82) is 0 Å². The molecule has 0 saturated carbocycles. The smallest absolute Gasteiger partial charge is 0.322 e. The second kappa shape index (κ2) is 10.1. The molecule has 1 aliphatic heterocycles. The molecule has 1 aliphatic rings. The summed E-state index contributed by atoms with van der Waals surface area (Å²) in [5.74, 6) is -0.674. The van der Waals surface area contributed by atoms with Crippen LogP contribution < -0.4 is 10.6 Å². The first-order valence-electron chi connectivity index (χ1n) is 10.2. The van der Waals surface area contributed by atoms with Gasteiger partial charge in [-0.05, 0) is 38.7 Å². The summed E-state index contributed by atoms with van der Waals surface area (Å²) in [6, 6.07) is 3.21. The van der Waals surface area contributed by atoms with Gasteiger partial charge in [0.1, 0.15) is 11.5 Å². The number of aryl methyl sites for hydroxylation is 1. The van der Waals surface area contributed by atoms with Crippen molar-refractivity contribution < 1.29 is 18.8 Å². The number of hydrogen-bond donors (Lipinski definition) is 2. The lowest BCUT2D eigenvalue weighted by Crippen LogP contribution is -2.42. The van der Waals surface area contributed by atoms with Gasteiger partial charge in [0.25, 0.3) is 0 Å². The van der Waals surface area contributed by atoms with E-state index in [4.69, 9.17) is 11.6 Å². The summed E-state index contributed by atoms with van der Waals surface area (Å²) in [7, 11) is 5.22. The Morgan fingerprint density at radius 3 is 2.75 bits per heavy atom. The third-order valence-corrected chi connectivity index (χ3v) is 5.79. The van der Waals surface area contributed by atoms with E-state index in [1.165, 1.54) is 18.2 Å². The standard InChI is InChI=1S/C21H26ClFN6O3/c1-24-20(31)18(27(2)3)7-9-29-19(12-30)14-11-28(8-6-17(14)26-29)21(32)25-13-4-5-16(23)15(22)10-13/h4-5,10,12,18H,6-9,11H2,1-3H3,(H,24,31)(H,25,32). The zero-order valence-electron chi connectivity index (χ0n) is 18.2. The summed E-state index contributed by atoms with van der Waals surface area (Å²) in [6.45, 7) is 1.02. The summed E-state index contributed by atoms with van der Waals surface area (Å²) >= 11 is 5.77. The highest BCUT2D eigenvalue weighted by Gasteiger charge is 2.28. The summed E-state index contributed by atoms with van der Waals surface area (Å²) in [5, 5.41) is 9.81. The number of rotatable bonds is 7. The number of hydrogen-bond acceptors (Lipinski definition) is 5. The molecule has 1 atom stereocenters. The maximum absolute atomic E-state index is 13.3. The molecule has 32 heavy (non-hydrogen) atoms. The van der Waals surface area contributed by atoms with Crippen molar-refractivity contribution in [1.82, 2.24) is 24.9 Å². The molecule has 1 unspecified atom stereocenters. The van der Waals surface area contributed by atoms with Gasteiger partial charge in [-0.25, -0.2) is 9.18 Å². The van der Waals surface area contributed by atoms with Crippen LogP contribution in [-0.2, 0) is 24.3 Å². The topological polar surface area (TPSA) is 99.6 Å². The Hall–Kier alpha value is -2.98. The minimum Gasteiger partial charge on any atom is -0.358 e. The van der Waals surface area contributed by atoms with Crippen molar-refractivity contribution in [2.45, 2.75) is 32.0 Å². The van der Waals surface area contributed by atoms with Crippen molar-refractivity contribution in [3.8, 4) is 0 Å². The van der Waals surface area contributed by atoms with E-state index in [9.17, 15) is 18.8 Å². The summed E-state index contributed by atoms with van der Waals surface area (Å²) in [6.07, 6.45) is 1.70. The number of urea groups is 1. The lowest BCUT2D eigenvalue weighted by Gasteiger charge is -2.26. The number of benzene rings is 1. The van der Waals surface area contributed by atoms with E-state index in [1.807, 2.05) is 19.0 Å². The normalized spacial score (nSPS) is 14.1. The molecule has 172 valence electrons. The highest BCUT2D eigenvalue weighted by Crippen LogP contribution is 2.24. The molecule has 9 nitrogen and oxygen atoms in total. The second-order valence-electron chi connectivity index (χ2n) is 7.76. The molecule has 2 heterocycles. The van der Waals surface area contributed by atoms with Gasteiger partial charge in [-0.2, -0.15) is 5.10 Å². The number of carbonyl (C=O) groups is 3. The van der Waals surface area contributed by atoms with Crippen LogP contribution in [0.5, 0.6) is 0 Å². The van der Waals surface area contributed by atoms with Crippen LogP contribution >= 0.6 is 11.6 Å². The average molecular weight is 465 g/mol. The van der Waals surface area contributed by atoms with Crippen LogP contribution in [0.1, 0.15) is 28.2 Å². The number of likely N-dealkylation sites (N-methyl/N-ethyl adjacent to an activating group) is 2. The number of carbonyl (C=O) groups excluding carboxylic acids is 3. The van der Waals surface area contributed by atoms with Crippen LogP contribution in [0.2, 0.25) is 5.02 Å². The molecule has 11 heteroatoms. The zero-order valence-corrected chi connectivity index (χ0v) is 18.9. The number of amides is 3. The number of anilines is 1. The van der Waals surface area contributed by atoms with Crippen LogP contribution in [-0.4, -0.2) is 71.5 Å². The summed E-state index contributed by atoms with van der Waals surface area (Å²) in [4.78, 5) is 40.0. The van der Waals surface area contributed by atoms with E-state index in [-0.39, 0.29) is 29.5 Å². The number of aromatic nitrogens is 2. The lowest BCUT2D eigenvalue weighted by molar-refractivity contribution is -0.125. The van der Waals surface area contributed by atoms with Gasteiger partial charge >= 0.3 is 6.03 Å². The van der Waals surface area contributed by atoms with Crippen molar-refractivity contribution in [3.63, 3.8) is 0 Å². The van der Waals surface area contributed by atoms with Gasteiger partial charge in [0.15, 0.2) is 6.29 Å². The molecule has 0 bridgehead atoms. The highest BCUT2D eigenvalue weighted by molar-refractivity contribution is 6.31. The molecule has 0 saturated heterocycles. The van der Waals surface area contributed by atoms with E-state index in [1.54, 1.807) is 16.6 Å². The fourth-order valence-corrected chi connectivity index (χ4v) is 3.92. The zero-order chi connectivity index (χ0) is 23.4. The molecule has 1 aromatic heterocycles. The number of nitrogens with one attached hydrogen (secondary N) is 2. The van der Waals surface area contributed by atoms with Gasteiger partial charge in [0.05, 0.1) is 23.3 Å². The van der Waals surface area contributed by atoms with E-state index in [0.717, 1.165) is 12.0 Å². The van der Waals surface area contributed by atoms with Gasteiger partial charge in [0.2, 0.25) is 5.91 Å². The predicted octanol–water partition coefficient (Wildman–Crippen LogP) is 2.14. The maximum Gasteiger partial charge on any atom is 0.322 e. The van der Waals surface area contributed by atoms with Gasteiger partial charge < -0.3 is 15.5 Å². The number of halogens is 2. The first kappa shape index (κ1) is 23.7. The molecular formula is C21H26ClFN6O3. The van der Waals surface area contributed by atoms with Crippen molar-refractivity contribution in [2.24, 2.45) is 0 Å². The Morgan fingerprint density at radius 2 is 2.12 bits per heavy atom. The van der Waals surface area contributed by atoms with Gasteiger partial charge in [-0.15, -0.1) is 0 Å². The molecule has 0 aliphatic carbocycles. The van der Waals surface area contributed by atoms with Crippen molar-refractivity contribution in [2.75, 3.05) is 33.0 Å². The van der Waals surface area contributed by atoms with E-state index < -0.39 is 5.82 Å². The first-order valence-corrected chi connectivity index (χ1v) is 10.6. The summed E-state index contributed by atoms with van der Waals surface area (Å²) in [5.41, 5.74) is 2.24. The van der Waals surface area contributed by atoms with Crippen LogP contribution in [0, 0.1) is 5.82 Å². The molecule has 0 radical (unpaired) electrons. The minimum absolute atomic E-state index is 0.0824. The number of fused-ring (bicyclic) bond motifs is 1. The second-order valence-corrected chi connectivity index (χ2v) is 8.17. The van der Waals surface area contributed by atoms with Crippen LogP contribution in [0.15, 0.2) is 18.2 Å². The van der Waals surface area contributed by atoms with Crippen LogP contribution in [0.4, 0.5) is 14.9 Å². The van der Waals surface area contributed by atoms with E-state index in [0.29, 0.717) is 42.9 Å². The Morgan fingerprint density at radius 1 is 1.38 bits per heavy atom. The van der Waals surface area contributed by atoms with E-state index >= 15 is 0 Å². The molecule has 0 fully saturated rings. The Bertz CT molecular complexity index is 1030. The van der Waals surface area contributed by atoms with Crippen LogP contribution in [0.3, 0.4) is 0 Å². The molecule has 1 aromatic carbocycles. The number of nitrogens with zero attached hydrogens (tertiary/aromatic N) is 4. The SMILES string of the molecule is CNC(=O)C(CCn1nc2c(c1C=O)CN(C(=O)Nc1ccc(F)c(Cl)c1)CC2)N(C)C. The van der Waals surface area contributed by atoms with Gasteiger partial charge in [-0.1, -0.05) is 11.6 Å². The minimum atomic E-state index is -0.566. The fraction of sp³-hybridized carbons (Fsp3) is 0.429. The Labute approximate surface area is 190 Å². The molecular weight excluding hydrogens is 439 g/mol. The van der Waals surface area contributed by atoms with Gasteiger partial charge in [-0.3, -0.25) is 19.2 Å². The molecule has 3 rings (SSSR count). The monoisotopic (exact) mass is 464 g/mol. The average Bonchev–Trinajstić information content (AvgIpc) is 3.12. The van der Waals surface area contributed by atoms with E-state index in [2.05, 4.69) is 15.7 Å². The largest absolute Gasteiger partial charge is 0.358 e. The van der Waals surface area contributed by atoms with Crippen LogP contribution in [0.25, 0.3) is 0 Å².